The molecule has 0 radical (unpaired) electrons. The normalized spacial score (nSPS) is 12.2. The molecule has 2 rings (SSSR count). The van der Waals surface area contributed by atoms with Gasteiger partial charge >= 0.3 is 0 Å². The average Bonchev–Trinajstić information content (AvgIpc) is 2.45. The standard InChI is InChI=1S/C10H13N3/c1-10(2,3)13-9-4-5-11-6-8(9)7-12-13/h4-7H,1-3H3. The van der Waals surface area contributed by atoms with Crippen molar-refractivity contribution in [3.05, 3.63) is 24.7 Å². The van der Waals surface area contributed by atoms with E-state index in [0.29, 0.717) is 0 Å². The molecule has 3 nitrogen and oxygen atoms in total. The fraction of sp³-hybridized carbons (Fsp3) is 0.400. The largest absolute Gasteiger partial charge is 0.264 e. The van der Waals surface area contributed by atoms with E-state index >= 15 is 0 Å². The van der Waals surface area contributed by atoms with Gasteiger partial charge in [-0.15, -0.1) is 0 Å². The molecule has 0 aliphatic rings. The molecule has 0 saturated heterocycles. The van der Waals surface area contributed by atoms with Gasteiger partial charge in [-0.25, -0.2) is 0 Å². The first-order valence-corrected chi connectivity index (χ1v) is 4.37. The van der Waals surface area contributed by atoms with Gasteiger partial charge in [-0.3, -0.25) is 9.67 Å². The average molecular weight is 175 g/mol. The highest BCUT2D eigenvalue weighted by Crippen LogP contribution is 2.20. The summed E-state index contributed by atoms with van der Waals surface area (Å²) in [5, 5.41) is 5.44. The van der Waals surface area contributed by atoms with Gasteiger partial charge in [0.15, 0.2) is 0 Å². The van der Waals surface area contributed by atoms with E-state index in [1.54, 1.807) is 6.20 Å². The Kier molecular flexibility index (Phi) is 1.62. The quantitative estimate of drug-likeness (QED) is 0.614. The summed E-state index contributed by atoms with van der Waals surface area (Å²) in [4.78, 5) is 4.05. The minimum atomic E-state index is 0.0309. The Morgan fingerprint density at radius 3 is 2.69 bits per heavy atom. The second-order valence-electron chi connectivity index (χ2n) is 4.16. The summed E-state index contributed by atoms with van der Waals surface area (Å²) >= 11 is 0. The van der Waals surface area contributed by atoms with Crippen LogP contribution in [0.4, 0.5) is 0 Å². The van der Waals surface area contributed by atoms with E-state index in [2.05, 4.69) is 30.9 Å². The Morgan fingerprint density at radius 2 is 2.00 bits per heavy atom. The monoisotopic (exact) mass is 175 g/mol. The molecule has 0 atom stereocenters. The second kappa shape index (κ2) is 2.55. The van der Waals surface area contributed by atoms with Crippen molar-refractivity contribution >= 4 is 10.9 Å². The minimum Gasteiger partial charge on any atom is -0.264 e. The number of pyridine rings is 1. The molecule has 2 aromatic rings. The SMILES string of the molecule is CC(C)(C)n1ncc2cnccc21. The second-order valence-corrected chi connectivity index (χ2v) is 4.16. The number of fused-ring (bicyclic) bond motifs is 1. The molecule has 2 heterocycles. The molecular weight excluding hydrogens is 162 g/mol. The Labute approximate surface area is 77.4 Å². The van der Waals surface area contributed by atoms with Crippen LogP contribution in [0.15, 0.2) is 24.7 Å². The number of aromatic nitrogens is 3. The fourth-order valence-corrected chi connectivity index (χ4v) is 1.41. The number of hydrogen-bond donors (Lipinski definition) is 0. The van der Waals surface area contributed by atoms with Crippen molar-refractivity contribution in [3.63, 3.8) is 0 Å². The zero-order chi connectivity index (χ0) is 9.47. The van der Waals surface area contributed by atoms with Gasteiger partial charge in [0.05, 0.1) is 17.3 Å². The van der Waals surface area contributed by atoms with Crippen LogP contribution < -0.4 is 0 Å². The lowest BCUT2D eigenvalue weighted by Gasteiger charge is -2.20. The maximum atomic E-state index is 4.34. The Bertz CT molecular complexity index is 423. The Hall–Kier alpha value is -1.38. The number of nitrogens with zero attached hydrogens (tertiary/aromatic N) is 3. The molecule has 2 aromatic heterocycles. The molecule has 0 bridgehead atoms. The zero-order valence-corrected chi connectivity index (χ0v) is 8.15. The predicted octanol–water partition coefficient (Wildman–Crippen LogP) is 2.19. The van der Waals surface area contributed by atoms with Crippen molar-refractivity contribution in [1.82, 2.24) is 14.8 Å². The van der Waals surface area contributed by atoms with Crippen molar-refractivity contribution in [1.29, 1.82) is 0 Å². The van der Waals surface area contributed by atoms with E-state index in [1.807, 2.05) is 23.1 Å². The van der Waals surface area contributed by atoms with Crippen molar-refractivity contribution in [2.75, 3.05) is 0 Å². The third-order valence-corrected chi connectivity index (χ3v) is 2.00. The first-order chi connectivity index (χ1) is 6.09. The van der Waals surface area contributed by atoms with Crippen LogP contribution in [0.2, 0.25) is 0 Å². The maximum Gasteiger partial charge on any atom is 0.0719 e. The van der Waals surface area contributed by atoms with Gasteiger partial charge < -0.3 is 0 Å². The number of rotatable bonds is 0. The third-order valence-electron chi connectivity index (χ3n) is 2.00. The summed E-state index contributed by atoms with van der Waals surface area (Å²) < 4.78 is 2.02. The van der Waals surface area contributed by atoms with Gasteiger partial charge in [0.25, 0.3) is 0 Å². The first-order valence-electron chi connectivity index (χ1n) is 4.37. The number of hydrogen-bond acceptors (Lipinski definition) is 2. The van der Waals surface area contributed by atoms with Gasteiger partial charge in [-0.2, -0.15) is 5.10 Å². The van der Waals surface area contributed by atoms with Crippen molar-refractivity contribution in [2.24, 2.45) is 0 Å². The summed E-state index contributed by atoms with van der Waals surface area (Å²) in [7, 11) is 0. The summed E-state index contributed by atoms with van der Waals surface area (Å²) in [5.41, 5.74) is 1.17. The molecule has 13 heavy (non-hydrogen) atoms. The lowest BCUT2D eigenvalue weighted by molar-refractivity contribution is 0.368. The lowest BCUT2D eigenvalue weighted by atomic mass is 10.1. The highest BCUT2D eigenvalue weighted by Gasteiger charge is 2.15. The smallest absolute Gasteiger partial charge is 0.0719 e. The molecule has 3 heteroatoms. The van der Waals surface area contributed by atoms with Crippen LogP contribution in [-0.4, -0.2) is 14.8 Å². The van der Waals surface area contributed by atoms with Crippen LogP contribution >= 0.6 is 0 Å². The molecule has 0 aliphatic carbocycles. The van der Waals surface area contributed by atoms with Gasteiger partial charge in [0, 0.05) is 17.8 Å². The maximum absolute atomic E-state index is 4.34. The highest BCUT2D eigenvalue weighted by atomic mass is 15.3. The molecule has 0 spiro atoms. The molecule has 0 unspecified atom stereocenters. The third kappa shape index (κ3) is 1.30. The molecule has 0 saturated carbocycles. The van der Waals surface area contributed by atoms with Crippen LogP contribution in [-0.2, 0) is 5.54 Å². The summed E-state index contributed by atoms with van der Waals surface area (Å²) in [6, 6.07) is 1.99. The first kappa shape index (κ1) is 8.23. The topological polar surface area (TPSA) is 30.7 Å². The van der Waals surface area contributed by atoms with E-state index < -0.39 is 0 Å². The minimum absolute atomic E-state index is 0.0309. The lowest BCUT2D eigenvalue weighted by Crippen LogP contribution is -2.22. The molecule has 68 valence electrons. The van der Waals surface area contributed by atoms with Gasteiger partial charge in [-0.1, -0.05) is 0 Å². The van der Waals surface area contributed by atoms with Crippen LogP contribution in [0.1, 0.15) is 20.8 Å². The van der Waals surface area contributed by atoms with E-state index in [1.165, 1.54) is 0 Å². The van der Waals surface area contributed by atoms with Crippen LogP contribution in [0.5, 0.6) is 0 Å². The van der Waals surface area contributed by atoms with Crippen LogP contribution in [0.3, 0.4) is 0 Å². The van der Waals surface area contributed by atoms with Crippen molar-refractivity contribution < 1.29 is 0 Å². The van der Waals surface area contributed by atoms with Crippen molar-refractivity contribution in [3.8, 4) is 0 Å². The fourth-order valence-electron chi connectivity index (χ4n) is 1.41. The molecule has 0 amide bonds. The molecule has 0 N–H and O–H groups in total. The van der Waals surface area contributed by atoms with Gasteiger partial charge in [0.2, 0.25) is 0 Å². The van der Waals surface area contributed by atoms with E-state index in [4.69, 9.17) is 0 Å². The molecular formula is C10H13N3. The summed E-state index contributed by atoms with van der Waals surface area (Å²) in [6.07, 6.45) is 5.49. The highest BCUT2D eigenvalue weighted by molar-refractivity contribution is 5.77. The van der Waals surface area contributed by atoms with Crippen LogP contribution in [0, 0.1) is 0 Å². The van der Waals surface area contributed by atoms with Crippen LogP contribution in [0.25, 0.3) is 10.9 Å². The zero-order valence-electron chi connectivity index (χ0n) is 8.15. The van der Waals surface area contributed by atoms with E-state index in [0.717, 1.165) is 10.9 Å². The summed E-state index contributed by atoms with van der Waals surface area (Å²) in [5.74, 6) is 0. The summed E-state index contributed by atoms with van der Waals surface area (Å²) in [6.45, 7) is 6.42. The molecule has 0 aromatic carbocycles. The van der Waals surface area contributed by atoms with E-state index in [9.17, 15) is 0 Å². The van der Waals surface area contributed by atoms with Crippen molar-refractivity contribution in [2.45, 2.75) is 26.3 Å². The molecule has 0 aliphatic heterocycles. The van der Waals surface area contributed by atoms with E-state index in [-0.39, 0.29) is 5.54 Å². The Balaban J connectivity index is 2.72. The predicted molar refractivity (Wildman–Crippen MR) is 52.5 cm³/mol. The van der Waals surface area contributed by atoms with Gasteiger partial charge in [-0.05, 0) is 26.8 Å². The molecule has 0 fully saturated rings. The Morgan fingerprint density at radius 1 is 1.23 bits per heavy atom. The van der Waals surface area contributed by atoms with Gasteiger partial charge in [0.1, 0.15) is 0 Å².